The lowest BCUT2D eigenvalue weighted by Gasteiger charge is -2.08. The molecule has 1 saturated heterocycles. The fraction of sp³-hybridized carbons (Fsp3) is 0.333. The largest absolute Gasteiger partial charge is 0.480 e. The molecular formula is C6H6N2O5. The number of carbonyl (C=O) groups excluding carboxylic acids is 3. The monoisotopic (exact) mass is 186 g/mol. The Morgan fingerprint density at radius 3 is 2.15 bits per heavy atom. The average Bonchev–Trinajstić information content (AvgIpc) is 2.22. The van der Waals surface area contributed by atoms with Gasteiger partial charge in [-0.05, 0) is 0 Å². The molecule has 4 amide bonds. The fourth-order valence-corrected chi connectivity index (χ4v) is 0.888. The van der Waals surface area contributed by atoms with Crippen LogP contribution in [-0.4, -0.2) is 52.3 Å². The van der Waals surface area contributed by atoms with Crippen LogP contribution in [0.15, 0.2) is 0 Å². The van der Waals surface area contributed by atoms with Gasteiger partial charge in [-0.15, -0.1) is 0 Å². The van der Waals surface area contributed by atoms with E-state index in [1.54, 1.807) is 0 Å². The maximum Gasteiger partial charge on any atom is 0.334 e. The third-order valence-electron chi connectivity index (χ3n) is 1.54. The van der Waals surface area contributed by atoms with Crippen molar-refractivity contribution in [3.63, 3.8) is 0 Å². The van der Waals surface area contributed by atoms with Gasteiger partial charge in [0.2, 0.25) is 0 Å². The van der Waals surface area contributed by atoms with E-state index in [1.165, 1.54) is 0 Å². The molecule has 0 saturated carbocycles. The Labute approximate surface area is 72.5 Å². The Hall–Kier alpha value is -1.92. The van der Waals surface area contributed by atoms with Crippen molar-refractivity contribution in [1.29, 1.82) is 0 Å². The van der Waals surface area contributed by atoms with E-state index < -0.39 is 30.4 Å². The normalized spacial score (nSPS) is 17.2. The van der Waals surface area contributed by atoms with Gasteiger partial charge in [-0.3, -0.25) is 19.3 Å². The predicted octanol–water partition coefficient (Wildman–Crippen LogP) is -1.51. The number of carboxylic acids is 1. The van der Waals surface area contributed by atoms with Gasteiger partial charge in [-0.2, -0.15) is 0 Å². The molecule has 0 aromatic rings. The first-order valence-electron chi connectivity index (χ1n) is 3.30. The molecule has 1 fully saturated rings. The van der Waals surface area contributed by atoms with Gasteiger partial charge >= 0.3 is 23.8 Å². The van der Waals surface area contributed by atoms with E-state index in [9.17, 15) is 19.2 Å². The highest BCUT2D eigenvalue weighted by atomic mass is 16.4. The van der Waals surface area contributed by atoms with E-state index in [1.807, 2.05) is 0 Å². The number of imide groups is 2. The highest BCUT2D eigenvalue weighted by molar-refractivity contribution is 6.44. The zero-order valence-electron chi connectivity index (χ0n) is 6.68. The van der Waals surface area contributed by atoms with E-state index in [4.69, 9.17) is 5.11 Å². The van der Waals surface area contributed by atoms with Gasteiger partial charge < -0.3 is 5.11 Å². The van der Waals surface area contributed by atoms with Gasteiger partial charge in [0.15, 0.2) is 0 Å². The number of amides is 4. The van der Waals surface area contributed by atoms with Crippen LogP contribution in [0.4, 0.5) is 4.79 Å². The molecule has 1 N–H and O–H groups in total. The Morgan fingerprint density at radius 2 is 1.85 bits per heavy atom. The Morgan fingerprint density at radius 1 is 1.31 bits per heavy atom. The summed E-state index contributed by atoms with van der Waals surface area (Å²) < 4.78 is 0. The van der Waals surface area contributed by atoms with Crippen LogP contribution >= 0.6 is 0 Å². The molecule has 7 heteroatoms. The van der Waals surface area contributed by atoms with E-state index in [2.05, 4.69) is 0 Å². The minimum absolute atomic E-state index is 0.380. The number of carboxylic acid groups (broad SMARTS) is 1. The topological polar surface area (TPSA) is 95.0 Å². The smallest absolute Gasteiger partial charge is 0.334 e. The van der Waals surface area contributed by atoms with Crippen LogP contribution in [0.3, 0.4) is 0 Å². The van der Waals surface area contributed by atoms with Gasteiger partial charge in [-0.25, -0.2) is 9.69 Å². The van der Waals surface area contributed by atoms with Crippen molar-refractivity contribution in [3.8, 4) is 0 Å². The van der Waals surface area contributed by atoms with Crippen LogP contribution in [0.2, 0.25) is 0 Å². The molecule has 1 aliphatic rings. The fourth-order valence-electron chi connectivity index (χ4n) is 0.888. The lowest BCUT2D eigenvalue weighted by molar-refractivity contribution is -0.146. The summed E-state index contributed by atoms with van der Waals surface area (Å²) in [6.45, 7) is -0.784. The van der Waals surface area contributed by atoms with Gasteiger partial charge in [0.05, 0.1) is 0 Å². The van der Waals surface area contributed by atoms with Gasteiger partial charge in [-0.1, -0.05) is 0 Å². The Balaban J connectivity index is 2.88. The second kappa shape index (κ2) is 2.85. The lowest BCUT2D eigenvalue weighted by Crippen LogP contribution is -2.36. The molecule has 0 aromatic heterocycles. The lowest BCUT2D eigenvalue weighted by atomic mass is 10.5. The number of likely N-dealkylation sites (N-methyl/N-ethyl adjacent to an activating group) is 1. The molecule has 7 nitrogen and oxygen atoms in total. The molecule has 0 aliphatic carbocycles. The van der Waals surface area contributed by atoms with Gasteiger partial charge in [0.1, 0.15) is 6.54 Å². The summed E-state index contributed by atoms with van der Waals surface area (Å²) in [5.74, 6) is -3.45. The Bertz CT molecular complexity index is 310. The van der Waals surface area contributed by atoms with Gasteiger partial charge in [0.25, 0.3) is 0 Å². The summed E-state index contributed by atoms with van der Waals surface area (Å²) >= 11 is 0. The van der Waals surface area contributed by atoms with Crippen molar-refractivity contribution < 1.29 is 24.3 Å². The molecule has 1 rings (SSSR count). The minimum Gasteiger partial charge on any atom is -0.480 e. The highest BCUT2D eigenvalue weighted by Crippen LogP contribution is 2.08. The summed E-state index contributed by atoms with van der Waals surface area (Å²) in [6.07, 6.45) is 0. The first-order valence-corrected chi connectivity index (χ1v) is 3.30. The van der Waals surface area contributed by atoms with Gasteiger partial charge in [0, 0.05) is 7.05 Å². The van der Waals surface area contributed by atoms with E-state index in [-0.39, 0.29) is 0 Å². The van der Waals surface area contributed by atoms with Crippen LogP contribution in [0.5, 0.6) is 0 Å². The number of hydrogen-bond donors (Lipinski definition) is 1. The third-order valence-corrected chi connectivity index (χ3v) is 1.54. The first-order chi connectivity index (χ1) is 5.95. The summed E-state index contributed by atoms with van der Waals surface area (Å²) in [4.78, 5) is 43.9. The third kappa shape index (κ3) is 1.35. The standard InChI is InChI=1S/C6H6N2O5/c1-7-4(11)5(12)8(6(7)13)2-3(9)10/h2H2,1H3,(H,9,10). The number of rotatable bonds is 2. The summed E-state index contributed by atoms with van der Waals surface area (Å²) in [5.41, 5.74) is 0. The average molecular weight is 186 g/mol. The molecule has 13 heavy (non-hydrogen) atoms. The molecule has 1 aliphatic heterocycles. The molecule has 0 radical (unpaired) electrons. The predicted molar refractivity (Wildman–Crippen MR) is 37.5 cm³/mol. The highest BCUT2D eigenvalue weighted by Gasteiger charge is 2.42. The van der Waals surface area contributed by atoms with Crippen LogP contribution in [-0.2, 0) is 14.4 Å². The van der Waals surface area contributed by atoms with Crippen molar-refractivity contribution in [1.82, 2.24) is 9.80 Å². The number of urea groups is 1. The molecule has 0 aromatic carbocycles. The second-order valence-electron chi connectivity index (χ2n) is 2.43. The van der Waals surface area contributed by atoms with Crippen LogP contribution in [0.1, 0.15) is 0 Å². The van der Waals surface area contributed by atoms with Crippen molar-refractivity contribution in [3.05, 3.63) is 0 Å². The maximum atomic E-state index is 11.0. The van der Waals surface area contributed by atoms with E-state index in [0.717, 1.165) is 7.05 Å². The number of hydrogen-bond acceptors (Lipinski definition) is 4. The number of nitrogens with zero attached hydrogens (tertiary/aromatic N) is 2. The second-order valence-corrected chi connectivity index (χ2v) is 2.43. The van der Waals surface area contributed by atoms with Crippen molar-refractivity contribution in [2.45, 2.75) is 0 Å². The van der Waals surface area contributed by atoms with E-state index >= 15 is 0 Å². The molecule has 0 atom stereocenters. The molecule has 1 heterocycles. The van der Waals surface area contributed by atoms with E-state index in [0.29, 0.717) is 9.80 Å². The van der Waals surface area contributed by atoms with Crippen molar-refractivity contribution in [2.24, 2.45) is 0 Å². The number of carbonyl (C=O) groups is 4. The van der Waals surface area contributed by atoms with Crippen LogP contribution in [0.25, 0.3) is 0 Å². The summed E-state index contributed by atoms with van der Waals surface area (Å²) in [5, 5.41) is 8.31. The van der Waals surface area contributed by atoms with Crippen molar-refractivity contribution >= 4 is 23.8 Å². The Kier molecular flexibility index (Phi) is 2.01. The molecular weight excluding hydrogens is 180 g/mol. The zero-order valence-corrected chi connectivity index (χ0v) is 6.68. The van der Waals surface area contributed by atoms with Crippen LogP contribution < -0.4 is 0 Å². The number of aliphatic carboxylic acids is 1. The van der Waals surface area contributed by atoms with Crippen molar-refractivity contribution in [2.75, 3.05) is 13.6 Å². The molecule has 70 valence electrons. The minimum atomic E-state index is -1.34. The van der Waals surface area contributed by atoms with Crippen LogP contribution in [0, 0.1) is 0 Å². The molecule has 0 bridgehead atoms. The molecule has 0 unspecified atom stereocenters. The molecule has 0 spiro atoms. The summed E-state index contributed by atoms with van der Waals surface area (Å²) in [6, 6.07) is -0.905. The first kappa shape index (κ1) is 9.17. The maximum absolute atomic E-state index is 11.0. The quantitative estimate of drug-likeness (QED) is 0.418. The summed E-state index contributed by atoms with van der Waals surface area (Å²) in [7, 11) is 1.12. The SMILES string of the molecule is CN1C(=O)C(=O)N(CC(=O)O)C1=O. The zero-order chi connectivity index (χ0) is 10.2.